The Balaban J connectivity index is 1.36. The lowest BCUT2D eigenvalue weighted by molar-refractivity contribution is -0.140. The van der Waals surface area contributed by atoms with Crippen LogP contribution in [-0.4, -0.2) is 24.3 Å². The third-order valence-electron chi connectivity index (χ3n) is 6.99. The van der Waals surface area contributed by atoms with Crippen LogP contribution in [0.5, 0.6) is 5.75 Å². The molecule has 0 bridgehead atoms. The predicted molar refractivity (Wildman–Crippen MR) is 145 cm³/mol. The minimum Gasteiger partial charge on any atom is -0.496 e. The molecule has 5 rings (SSSR count). The summed E-state index contributed by atoms with van der Waals surface area (Å²) >= 11 is 0.807. The Labute approximate surface area is 232 Å². The van der Waals surface area contributed by atoms with Gasteiger partial charge in [-0.3, -0.25) is 10.1 Å². The second kappa shape index (κ2) is 10.7. The number of methoxy groups -OCH3 is 1. The molecular formula is C30H24F3NO5S. The number of hydrogen-bond acceptors (Lipinski definition) is 5. The second-order valence-electron chi connectivity index (χ2n) is 9.51. The van der Waals surface area contributed by atoms with Gasteiger partial charge in [-0.1, -0.05) is 36.4 Å². The van der Waals surface area contributed by atoms with Crippen molar-refractivity contribution in [2.75, 3.05) is 12.4 Å². The van der Waals surface area contributed by atoms with Crippen molar-refractivity contribution in [3.63, 3.8) is 0 Å². The van der Waals surface area contributed by atoms with Gasteiger partial charge in [0, 0.05) is 17.2 Å². The number of hydrogen-bond donors (Lipinski definition) is 2. The third kappa shape index (κ3) is 5.27. The molecular weight excluding hydrogens is 543 g/mol. The van der Waals surface area contributed by atoms with Gasteiger partial charge in [0.25, 0.3) is 0 Å². The smallest absolute Gasteiger partial charge is 0.412 e. The van der Waals surface area contributed by atoms with Crippen LogP contribution in [0.2, 0.25) is 0 Å². The number of nitrogens with one attached hydrogen (secondary N) is 1. The maximum absolute atomic E-state index is 14.3. The summed E-state index contributed by atoms with van der Waals surface area (Å²) in [6.45, 7) is 1.40. The maximum Gasteiger partial charge on any atom is 0.412 e. The first-order valence-electron chi connectivity index (χ1n) is 12.4. The monoisotopic (exact) mass is 567 g/mol. The van der Waals surface area contributed by atoms with Crippen LogP contribution in [0, 0.1) is 16.8 Å². The van der Waals surface area contributed by atoms with Crippen molar-refractivity contribution in [2.24, 2.45) is 0 Å². The Morgan fingerprint density at radius 2 is 1.68 bits per heavy atom. The SMILES string of the molecule is COc1cc(-c2sc(F)cc2NC(=O)OC(C)c2cc(F)ccc2F)ccc1-c1ccc(C2(C(=O)O)CC2)cc1. The lowest BCUT2D eigenvalue weighted by Gasteiger charge is -2.16. The number of halogens is 3. The molecule has 0 spiro atoms. The molecule has 4 aromatic rings. The number of amides is 1. The summed E-state index contributed by atoms with van der Waals surface area (Å²) < 4.78 is 52.7. The van der Waals surface area contributed by atoms with Gasteiger partial charge in [-0.2, -0.15) is 4.39 Å². The van der Waals surface area contributed by atoms with E-state index in [9.17, 15) is 27.9 Å². The summed E-state index contributed by atoms with van der Waals surface area (Å²) in [7, 11) is 1.50. The first kappa shape index (κ1) is 27.3. The zero-order valence-corrected chi connectivity index (χ0v) is 22.3. The molecule has 0 aliphatic heterocycles. The van der Waals surface area contributed by atoms with Crippen molar-refractivity contribution in [2.45, 2.75) is 31.3 Å². The molecule has 1 saturated carbocycles. The minimum atomic E-state index is -1.10. The van der Waals surface area contributed by atoms with Crippen molar-refractivity contribution in [3.8, 4) is 27.3 Å². The van der Waals surface area contributed by atoms with Gasteiger partial charge in [0.15, 0.2) is 5.13 Å². The Morgan fingerprint density at radius 3 is 2.33 bits per heavy atom. The van der Waals surface area contributed by atoms with Crippen LogP contribution in [-0.2, 0) is 14.9 Å². The van der Waals surface area contributed by atoms with Crippen molar-refractivity contribution >= 4 is 29.1 Å². The number of carbonyl (C=O) groups excluding carboxylic acids is 1. The summed E-state index contributed by atoms with van der Waals surface area (Å²) in [4.78, 5) is 24.6. The lowest BCUT2D eigenvalue weighted by Crippen LogP contribution is -2.19. The van der Waals surface area contributed by atoms with E-state index < -0.39 is 40.3 Å². The molecule has 6 nitrogen and oxygen atoms in total. The van der Waals surface area contributed by atoms with E-state index in [1.54, 1.807) is 18.2 Å². The van der Waals surface area contributed by atoms with Crippen LogP contribution in [0.1, 0.15) is 37.0 Å². The highest BCUT2D eigenvalue weighted by atomic mass is 32.1. The lowest BCUT2D eigenvalue weighted by atomic mass is 9.93. The fourth-order valence-electron chi connectivity index (χ4n) is 4.65. The summed E-state index contributed by atoms with van der Waals surface area (Å²) in [5, 5.41) is 11.5. The van der Waals surface area contributed by atoms with Crippen molar-refractivity contribution in [3.05, 3.63) is 94.6 Å². The van der Waals surface area contributed by atoms with E-state index in [1.165, 1.54) is 14.0 Å². The van der Waals surface area contributed by atoms with E-state index in [4.69, 9.17) is 9.47 Å². The molecule has 1 atom stereocenters. The van der Waals surface area contributed by atoms with Gasteiger partial charge in [-0.15, -0.1) is 11.3 Å². The largest absolute Gasteiger partial charge is 0.496 e. The van der Waals surface area contributed by atoms with E-state index >= 15 is 0 Å². The molecule has 0 radical (unpaired) electrons. The Hall–Kier alpha value is -4.31. The van der Waals surface area contributed by atoms with Crippen LogP contribution >= 0.6 is 11.3 Å². The van der Waals surface area contributed by atoms with Crippen LogP contribution in [0.25, 0.3) is 21.6 Å². The van der Waals surface area contributed by atoms with Crippen molar-refractivity contribution < 1.29 is 37.3 Å². The number of benzene rings is 3. The number of anilines is 1. The van der Waals surface area contributed by atoms with Gasteiger partial charge in [-0.25, -0.2) is 13.6 Å². The normalized spacial score (nSPS) is 14.3. The van der Waals surface area contributed by atoms with Crippen molar-refractivity contribution in [1.82, 2.24) is 0 Å². The van der Waals surface area contributed by atoms with E-state index in [0.29, 0.717) is 29.0 Å². The molecule has 40 heavy (non-hydrogen) atoms. The van der Waals surface area contributed by atoms with Gasteiger partial charge in [0.1, 0.15) is 23.5 Å². The van der Waals surface area contributed by atoms with Gasteiger partial charge in [0.05, 0.1) is 23.1 Å². The number of carbonyl (C=O) groups is 2. The number of carboxylic acid groups (broad SMARTS) is 1. The molecule has 1 unspecified atom stereocenters. The average Bonchev–Trinajstić information content (AvgIpc) is 3.67. The zero-order chi connectivity index (χ0) is 28.6. The molecule has 1 heterocycles. The first-order chi connectivity index (χ1) is 19.1. The van der Waals surface area contributed by atoms with E-state index in [1.807, 2.05) is 24.3 Å². The fourth-order valence-corrected chi connectivity index (χ4v) is 5.49. The number of ether oxygens (including phenoxy) is 2. The average molecular weight is 568 g/mol. The standard InChI is InChI=1S/C30H24F3NO5S/c1-16(22-14-20(31)8-10-23(22)32)39-29(37)34-24-15-26(33)40-27(24)18-5-9-21(25(13-18)38-2)17-3-6-19(7-4-17)30(11-12-30)28(35)36/h3-10,13-16H,11-12H2,1-2H3,(H,34,37)(H,35,36). The van der Waals surface area contributed by atoms with Gasteiger partial charge < -0.3 is 14.6 Å². The maximum atomic E-state index is 14.3. The van der Waals surface area contributed by atoms with Crippen molar-refractivity contribution in [1.29, 1.82) is 0 Å². The molecule has 206 valence electrons. The molecule has 1 amide bonds. The minimum absolute atomic E-state index is 0.129. The van der Waals surface area contributed by atoms with Crippen LogP contribution in [0.15, 0.2) is 66.7 Å². The van der Waals surface area contributed by atoms with Crippen LogP contribution < -0.4 is 10.1 Å². The zero-order valence-electron chi connectivity index (χ0n) is 21.5. The third-order valence-corrected chi connectivity index (χ3v) is 7.96. The Kier molecular flexibility index (Phi) is 7.29. The molecule has 2 N–H and O–H groups in total. The highest BCUT2D eigenvalue weighted by Gasteiger charge is 2.51. The molecule has 1 fully saturated rings. The Morgan fingerprint density at radius 1 is 0.975 bits per heavy atom. The summed E-state index contributed by atoms with van der Waals surface area (Å²) in [5.41, 5.74) is 2.08. The number of rotatable bonds is 8. The van der Waals surface area contributed by atoms with Gasteiger partial charge >= 0.3 is 12.1 Å². The topological polar surface area (TPSA) is 84.9 Å². The first-order valence-corrected chi connectivity index (χ1v) is 13.2. The molecule has 1 aliphatic rings. The second-order valence-corrected chi connectivity index (χ2v) is 10.5. The van der Waals surface area contributed by atoms with E-state index in [2.05, 4.69) is 5.32 Å². The van der Waals surface area contributed by atoms with E-state index in [0.717, 1.165) is 52.3 Å². The van der Waals surface area contributed by atoms with Gasteiger partial charge in [0.2, 0.25) is 0 Å². The number of carboxylic acids is 1. The summed E-state index contributed by atoms with van der Waals surface area (Å²) in [5.74, 6) is -1.73. The molecule has 1 aromatic heterocycles. The number of thiophene rings is 1. The predicted octanol–water partition coefficient (Wildman–Crippen LogP) is 7.93. The van der Waals surface area contributed by atoms with Crippen LogP contribution in [0.4, 0.5) is 23.7 Å². The summed E-state index contributed by atoms with van der Waals surface area (Å²) in [6, 6.07) is 16.5. The van der Waals surface area contributed by atoms with Gasteiger partial charge in [-0.05, 0) is 60.7 Å². The Bertz CT molecular complexity index is 1600. The van der Waals surface area contributed by atoms with E-state index in [-0.39, 0.29) is 11.3 Å². The van der Waals surface area contributed by atoms with Crippen LogP contribution in [0.3, 0.4) is 0 Å². The molecule has 10 heteroatoms. The summed E-state index contributed by atoms with van der Waals surface area (Å²) in [6.07, 6.45) is -0.837. The highest BCUT2D eigenvalue weighted by Crippen LogP contribution is 2.49. The number of aliphatic carboxylic acids is 1. The highest BCUT2D eigenvalue weighted by molar-refractivity contribution is 7.14. The fraction of sp³-hybridized carbons (Fsp3) is 0.200. The quantitative estimate of drug-likeness (QED) is 0.226. The molecule has 3 aromatic carbocycles. The molecule has 0 saturated heterocycles. The molecule has 1 aliphatic carbocycles.